The van der Waals surface area contributed by atoms with Crippen molar-refractivity contribution in [2.75, 3.05) is 10.0 Å². The highest BCUT2D eigenvalue weighted by atomic mass is 32.2. The Morgan fingerprint density at radius 1 is 0.828 bits per heavy atom. The standard InChI is InChI=1S/C23H22N2O3S/c1-17-8-11-22(16-18(17)2)24-23(26)20-9-12-21(13-10-20)25-29(27,28)15-14-19-6-4-3-5-7-19/h3-16,25H,1-2H3,(H,24,26)/b15-14+. The molecule has 6 heteroatoms. The molecule has 3 aromatic carbocycles. The van der Waals surface area contributed by atoms with E-state index in [9.17, 15) is 13.2 Å². The Labute approximate surface area is 171 Å². The molecule has 2 N–H and O–H groups in total. The van der Waals surface area contributed by atoms with E-state index in [2.05, 4.69) is 10.0 Å². The fourth-order valence-corrected chi connectivity index (χ4v) is 3.51. The zero-order valence-corrected chi connectivity index (χ0v) is 17.0. The first-order valence-electron chi connectivity index (χ1n) is 9.07. The second kappa shape index (κ2) is 8.75. The molecule has 0 atom stereocenters. The summed E-state index contributed by atoms with van der Waals surface area (Å²) in [4.78, 5) is 12.4. The van der Waals surface area contributed by atoms with Crippen LogP contribution in [0.3, 0.4) is 0 Å². The first-order chi connectivity index (χ1) is 13.8. The van der Waals surface area contributed by atoms with Crippen molar-refractivity contribution >= 4 is 33.4 Å². The number of carbonyl (C=O) groups is 1. The van der Waals surface area contributed by atoms with Crippen LogP contribution < -0.4 is 10.0 Å². The molecule has 0 bridgehead atoms. The van der Waals surface area contributed by atoms with Crippen molar-refractivity contribution in [3.8, 4) is 0 Å². The van der Waals surface area contributed by atoms with E-state index >= 15 is 0 Å². The molecule has 5 nitrogen and oxygen atoms in total. The van der Waals surface area contributed by atoms with Crippen molar-refractivity contribution in [1.29, 1.82) is 0 Å². The van der Waals surface area contributed by atoms with Gasteiger partial charge in [0.15, 0.2) is 0 Å². The van der Waals surface area contributed by atoms with Crippen molar-refractivity contribution in [3.05, 3.63) is 100 Å². The SMILES string of the molecule is Cc1ccc(NC(=O)c2ccc(NS(=O)(=O)/C=C/c3ccccc3)cc2)cc1C. The van der Waals surface area contributed by atoms with Crippen LogP contribution in [0.5, 0.6) is 0 Å². The molecule has 0 aliphatic heterocycles. The average Bonchev–Trinajstić information content (AvgIpc) is 2.70. The molecule has 1 amide bonds. The topological polar surface area (TPSA) is 75.3 Å². The van der Waals surface area contributed by atoms with Gasteiger partial charge in [-0.2, -0.15) is 0 Å². The first-order valence-corrected chi connectivity index (χ1v) is 10.6. The summed E-state index contributed by atoms with van der Waals surface area (Å²) in [5, 5.41) is 3.96. The van der Waals surface area contributed by atoms with Gasteiger partial charge in [-0.15, -0.1) is 0 Å². The van der Waals surface area contributed by atoms with Gasteiger partial charge in [0.1, 0.15) is 0 Å². The van der Waals surface area contributed by atoms with Gasteiger partial charge < -0.3 is 5.32 Å². The fraction of sp³-hybridized carbons (Fsp3) is 0.0870. The Bertz CT molecular complexity index is 1140. The summed E-state index contributed by atoms with van der Waals surface area (Å²) in [7, 11) is -3.65. The zero-order chi connectivity index (χ0) is 20.9. The van der Waals surface area contributed by atoms with E-state index in [1.165, 1.54) is 6.08 Å². The molecule has 0 fully saturated rings. The Kier molecular flexibility index (Phi) is 6.14. The van der Waals surface area contributed by atoms with Crippen LogP contribution in [0.2, 0.25) is 0 Å². The van der Waals surface area contributed by atoms with Crippen LogP contribution in [0.25, 0.3) is 6.08 Å². The highest BCUT2D eigenvalue weighted by Crippen LogP contribution is 2.17. The van der Waals surface area contributed by atoms with E-state index in [0.717, 1.165) is 22.1 Å². The second-order valence-corrected chi connectivity index (χ2v) is 8.26. The van der Waals surface area contributed by atoms with Gasteiger partial charge in [0.25, 0.3) is 15.9 Å². The van der Waals surface area contributed by atoms with Gasteiger partial charge in [-0.25, -0.2) is 8.42 Å². The van der Waals surface area contributed by atoms with E-state index in [-0.39, 0.29) is 5.91 Å². The molecule has 0 radical (unpaired) electrons. The number of carbonyl (C=O) groups excluding carboxylic acids is 1. The molecule has 0 aliphatic carbocycles. The normalized spacial score (nSPS) is 11.4. The highest BCUT2D eigenvalue weighted by Gasteiger charge is 2.09. The zero-order valence-electron chi connectivity index (χ0n) is 16.2. The van der Waals surface area contributed by atoms with Crippen LogP contribution in [0, 0.1) is 13.8 Å². The van der Waals surface area contributed by atoms with E-state index in [1.54, 1.807) is 24.3 Å². The lowest BCUT2D eigenvalue weighted by molar-refractivity contribution is 0.102. The van der Waals surface area contributed by atoms with Crippen molar-refractivity contribution in [2.45, 2.75) is 13.8 Å². The minimum absolute atomic E-state index is 0.258. The van der Waals surface area contributed by atoms with E-state index in [0.29, 0.717) is 16.9 Å². The Hall–Kier alpha value is -3.38. The molecule has 0 aromatic heterocycles. The maximum atomic E-state index is 12.4. The van der Waals surface area contributed by atoms with Crippen molar-refractivity contribution in [3.63, 3.8) is 0 Å². The number of hydrogen-bond donors (Lipinski definition) is 2. The van der Waals surface area contributed by atoms with E-state index in [1.807, 2.05) is 62.4 Å². The number of benzene rings is 3. The third-order valence-corrected chi connectivity index (χ3v) is 5.43. The Balaban J connectivity index is 1.65. The molecular formula is C23H22N2O3S. The summed E-state index contributed by atoms with van der Waals surface area (Å²) in [6.07, 6.45) is 1.52. The summed E-state index contributed by atoms with van der Waals surface area (Å²) in [6, 6.07) is 21.1. The Morgan fingerprint density at radius 3 is 2.14 bits per heavy atom. The van der Waals surface area contributed by atoms with E-state index in [4.69, 9.17) is 0 Å². The predicted molar refractivity (Wildman–Crippen MR) is 118 cm³/mol. The smallest absolute Gasteiger partial charge is 0.255 e. The molecule has 148 valence electrons. The minimum atomic E-state index is -3.65. The van der Waals surface area contributed by atoms with Crippen LogP contribution in [0.1, 0.15) is 27.0 Å². The lowest BCUT2D eigenvalue weighted by Crippen LogP contribution is -2.13. The van der Waals surface area contributed by atoms with Crippen molar-refractivity contribution in [2.24, 2.45) is 0 Å². The van der Waals surface area contributed by atoms with Crippen molar-refractivity contribution in [1.82, 2.24) is 0 Å². The molecule has 0 unspecified atom stereocenters. The fourth-order valence-electron chi connectivity index (χ4n) is 2.64. The van der Waals surface area contributed by atoms with Crippen LogP contribution in [-0.2, 0) is 10.0 Å². The number of nitrogens with one attached hydrogen (secondary N) is 2. The van der Waals surface area contributed by atoms with Crippen LogP contribution >= 0.6 is 0 Å². The molecule has 3 rings (SSSR count). The third-order valence-electron chi connectivity index (χ3n) is 4.41. The van der Waals surface area contributed by atoms with E-state index < -0.39 is 10.0 Å². The quantitative estimate of drug-likeness (QED) is 0.607. The number of rotatable bonds is 6. The second-order valence-electron chi connectivity index (χ2n) is 6.69. The predicted octanol–water partition coefficient (Wildman–Crippen LogP) is 4.97. The van der Waals surface area contributed by atoms with Crippen LogP contribution in [0.15, 0.2) is 78.2 Å². The molecule has 0 heterocycles. The monoisotopic (exact) mass is 406 g/mol. The van der Waals surface area contributed by atoms with Gasteiger partial charge >= 0.3 is 0 Å². The minimum Gasteiger partial charge on any atom is -0.322 e. The lowest BCUT2D eigenvalue weighted by atomic mass is 10.1. The largest absolute Gasteiger partial charge is 0.322 e. The summed E-state index contributed by atoms with van der Waals surface area (Å²) in [5.41, 5.74) is 4.57. The van der Waals surface area contributed by atoms with Crippen LogP contribution in [0.4, 0.5) is 11.4 Å². The summed E-state index contributed by atoms with van der Waals surface area (Å²) in [6.45, 7) is 3.99. The summed E-state index contributed by atoms with van der Waals surface area (Å²) >= 11 is 0. The molecule has 3 aromatic rings. The molecule has 0 saturated heterocycles. The first kappa shape index (κ1) is 20.4. The van der Waals surface area contributed by atoms with Gasteiger partial charge in [0.2, 0.25) is 0 Å². The summed E-state index contributed by atoms with van der Waals surface area (Å²) < 4.78 is 26.9. The van der Waals surface area contributed by atoms with Crippen molar-refractivity contribution < 1.29 is 13.2 Å². The van der Waals surface area contributed by atoms with Gasteiger partial charge in [-0.3, -0.25) is 9.52 Å². The van der Waals surface area contributed by atoms with Gasteiger partial charge in [-0.05, 0) is 73.0 Å². The number of sulfonamides is 1. The summed E-state index contributed by atoms with van der Waals surface area (Å²) in [5.74, 6) is -0.258. The number of hydrogen-bond acceptors (Lipinski definition) is 3. The third kappa shape index (κ3) is 5.80. The number of aryl methyl sites for hydroxylation is 2. The van der Waals surface area contributed by atoms with Crippen LogP contribution in [-0.4, -0.2) is 14.3 Å². The average molecular weight is 407 g/mol. The molecule has 29 heavy (non-hydrogen) atoms. The maximum absolute atomic E-state index is 12.4. The molecule has 0 aliphatic rings. The Morgan fingerprint density at radius 2 is 1.48 bits per heavy atom. The number of anilines is 2. The maximum Gasteiger partial charge on any atom is 0.255 e. The van der Waals surface area contributed by atoms with Gasteiger partial charge in [0, 0.05) is 16.9 Å². The number of amides is 1. The van der Waals surface area contributed by atoms with Gasteiger partial charge in [0.05, 0.1) is 5.41 Å². The lowest BCUT2D eigenvalue weighted by Gasteiger charge is -2.09. The highest BCUT2D eigenvalue weighted by molar-refractivity contribution is 7.95. The van der Waals surface area contributed by atoms with Gasteiger partial charge in [-0.1, -0.05) is 36.4 Å². The molecular weight excluding hydrogens is 384 g/mol. The molecule has 0 spiro atoms. The molecule has 0 saturated carbocycles.